The lowest BCUT2D eigenvalue weighted by molar-refractivity contribution is -0.148. The minimum Gasteiger partial charge on any atom is -0.394 e. The Morgan fingerprint density at radius 3 is 2.37 bits per heavy atom. The molecule has 0 aromatic heterocycles. The van der Waals surface area contributed by atoms with Gasteiger partial charge in [0.2, 0.25) is 17.7 Å². The molecular formula is C33H47N3O4S. The monoisotopic (exact) mass is 581 g/mol. The Morgan fingerprint density at radius 2 is 1.78 bits per heavy atom. The van der Waals surface area contributed by atoms with Crippen LogP contribution in [0.25, 0.3) is 0 Å². The van der Waals surface area contributed by atoms with Gasteiger partial charge in [-0.1, -0.05) is 69.7 Å². The maximum absolute atomic E-state index is 14.8. The maximum Gasteiger partial charge on any atom is 0.247 e. The maximum atomic E-state index is 14.8. The fourth-order valence-electron chi connectivity index (χ4n) is 7.47. The molecule has 2 unspecified atom stereocenters. The number of amides is 3. The normalized spacial score (nSPS) is 29.6. The number of nitrogens with zero attached hydrogens (tertiary/aromatic N) is 3. The lowest BCUT2D eigenvalue weighted by Gasteiger charge is -2.41. The van der Waals surface area contributed by atoms with E-state index in [0.29, 0.717) is 32.6 Å². The van der Waals surface area contributed by atoms with Crippen LogP contribution in [0.5, 0.6) is 0 Å². The highest BCUT2D eigenvalue weighted by molar-refractivity contribution is 8.02. The van der Waals surface area contributed by atoms with Crippen LogP contribution < -0.4 is 0 Å². The van der Waals surface area contributed by atoms with Crippen LogP contribution in [0.2, 0.25) is 0 Å². The van der Waals surface area contributed by atoms with Crippen molar-refractivity contribution in [1.29, 1.82) is 0 Å². The van der Waals surface area contributed by atoms with Crippen molar-refractivity contribution in [2.75, 3.05) is 26.2 Å². The van der Waals surface area contributed by atoms with Gasteiger partial charge in [-0.25, -0.2) is 0 Å². The van der Waals surface area contributed by atoms with Gasteiger partial charge in [-0.05, 0) is 37.7 Å². The van der Waals surface area contributed by atoms with E-state index in [-0.39, 0.29) is 30.2 Å². The largest absolute Gasteiger partial charge is 0.394 e. The fourth-order valence-corrected chi connectivity index (χ4v) is 9.80. The Morgan fingerprint density at radius 1 is 1.12 bits per heavy atom. The summed E-state index contributed by atoms with van der Waals surface area (Å²) in [5, 5.41) is 10.6. The zero-order chi connectivity index (χ0) is 29.9. The molecule has 2 bridgehead atoms. The van der Waals surface area contributed by atoms with Crippen molar-refractivity contribution in [2.45, 2.75) is 81.5 Å². The number of likely N-dealkylation sites (tertiary alicyclic amines) is 1. The number of carbonyl (C=O) groups excluding carboxylic acids is 3. The van der Waals surface area contributed by atoms with Gasteiger partial charge in [0.25, 0.3) is 0 Å². The molecule has 4 rings (SSSR count). The minimum absolute atomic E-state index is 0.0132. The first kappa shape index (κ1) is 31.4. The molecule has 224 valence electrons. The van der Waals surface area contributed by atoms with Gasteiger partial charge in [-0.3, -0.25) is 14.4 Å². The summed E-state index contributed by atoms with van der Waals surface area (Å²) in [7, 11) is 0. The van der Waals surface area contributed by atoms with Crippen molar-refractivity contribution in [3.05, 3.63) is 61.2 Å². The van der Waals surface area contributed by atoms with E-state index in [4.69, 9.17) is 0 Å². The molecule has 0 aliphatic carbocycles. The summed E-state index contributed by atoms with van der Waals surface area (Å²) >= 11 is 1.68. The number of hydrogen-bond donors (Lipinski definition) is 1. The van der Waals surface area contributed by atoms with Gasteiger partial charge in [0.15, 0.2) is 0 Å². The van der Waals surface area contributed by atoms with Crippen molar-refractivity contribution >= 4 is 29.5 Å². The lowest BCUT2D eigenvalue weighted by Crippen LogP contribution is -2.58. The number of aliphatic hydroxyl groups is 1. The third kappa shape index (κ3) is 5.38. The third-order valence-electron chi connectivity index (χ3n) is 9.59. The molecular weight excluding hydrogens is 534 g/mol. The standard InChI is InChI=1S/C33H47N3O4S/c1-7-18-34(19-8-2)29(38)26-27-30(39)36(25(22-37)23(5)10-4)28(33(27)17-16-32(26,6)41-33)31(40)35(20-9-3)21-24-14-12-11-13-15-24/h7,9,11-15,23,25-28,37H,1,3,8,10,16-22H2,2,4-6H3/t23-,25-,26-,27-,28?,32+,33?/m0/s1. The van der Waals surface area contributed by atoms with Gasteiger partial charge in [0.1, 0.15) is 6.04 Å². The molecule has 1 N–H and O–H groups in total. The van der Waals surface area contributed by atoms with Gasteiger partial charge in [0, 0.05) is 30.9 Å². The molecule has 3 aliphatic rings. The van der Waals surface area contributed by atoms with Gasteiger partial charge in [-0.15, -0.1) is 24.9 Å². The second kappa shape index (κ2) is 12.7. The molecule has 3 fully saturated rings. The fraction of sp³-hybridized carbons (Fsp3) is 0.606. The third-order valence-corrected chi connectivity index (χ3v) is 11.6. The molecule has 3 aliphatic heterocycles. The molecule has 1 aromatic carbocycles. The van der Waals surface area contributed by atoms with Crippen LogP contribution in [0.3, 0.4) is 0 Å². The number of benzene rings is 1. The number of aliphatic hydroxyl groups excluding tert-OH is 1. The predicted molar refractivity (Wildman–Crippen MR) is 165 cm³/mol. The predicted octanol–water partition coefficient (Wildman–Crippen LogP) is 4.51. The Bertz CT molecular complexity index is 1140. The molecule has 7 nitrogen and oxygen atoms in total. The molecule has 41 heavy (non-hydrogen) atoms. The summed E-state index contributed by atoms with van der Waals surface area (Å²) in [6.07, 6.45) is 6.47. The number of thioether (sulfide) groups is 1. The smallest absolute Gasteiger partial charge is 0.247 e. The highest BCUT2D eigenvalue weighted by Gasteiger charge is 2.78. The van der Waals surface area contributed by atoms with Gasteiger partial charge < -0.3 is 19.8 Å². The highest BCUT2D eigenvalue weighted by Crippen LogP contribution is 2.72. The van der Waals surface area contributed by atoms with E-state index in [0.717, 1.165) is 24.8 Å². The van der Waals surface area contributed by atoms with E-state index in [2.05, 4.69) is 20.1 Å². The highest BCUT2D eigenvalue weighted by atomic mass is 32.2. The van der Waals surface area contributed by atoms with Gasteiger partial charge >= 0.3 is 0 Å². The molecule has 3 saturated heterocycles. The number of rotatable bonds is 14. The SMILES string of the molecule is C=CCN(Cc1ccccc1)C(=O)C1N([C@@H](CO)[C@@H](C)CC)C(=O)[C@@H]2[C@@H](C(=O)N(CC=C)CCC)[C@@]3(C)CCC12S3. The second-order valence-corrected chi connectivity index (χ2v) is 14.1. The first-order valence-electron chi connectivity index (χ1n) is 15.1. The summed E-state index contributed by atoms with van der Waals surface area (Å²) in [5.74, 6) is -1.47. The van der Waals surface area contributed by atoms with E-state index < -0.39 is 33.4 Å². The van der Waals surface area contributed by atoms with E-state index in [1.165, 1.54) is 0 Å². The lowest BCUT2D eigenvalue weighted by atomic mass is 9.66. The quantitative estimate of drug-likeness (QED) is 0.327. The Balaban J connectivity index is 1.82. The zero-order valence-corrected chi connectivity index (χ0v) is 25.9. The van der Waals surface area contributed by atoms with Crippen LogP contribution in [-0.2, 0) is 20.9 Å². The van der Waals surface area contributed by atoms with Crippen LogP contribution in [0.4, 0.5) is 0 Å². The number of carbonyl (C=O) groups is 3. The molecule has 0 radical (unpaired) electrons. The summed E-state index contributed by atoms with van der Waals surface area (Å²) in [6.45, 7) is 17.5. The summed E-state index contributed by atoms with van der Waals surface area (Å²) in [6, 6.07) is 8.56. The van der Waals surface area contributed by atoms with Crippen LogP contribution >= 0.6 is 11.8 Å². The summed E-state index contributed by atoms with van der Waals surface area (Å²) in [5.41, 5.74) is 0.997. The molecule has 3 heterocycles. The van der Waals surface area contributed by atoms with Crippen molar-refractivity contribution in [1.82, 2.24) is 14.7 Å². The average molecular weight is 582 g/mol. The Kier molecular flexibility index (Phi) is 9.74. The van der Waals surface area contributed by atoms with Crippen LogP contribution in [0, 0.1) is 17.8 Å². The zero-order valence-electron chi connectivity index (χ0n) is 25.1. The average Bonchev–Trinajstić information content (AvgIpc) is 3.53. The van der Waals surface area contributed by atoms with Crippen molar-refractivity contribution < 1.29 is 19.5 Å². The molecule has 0 saturated carbocycles. The molecule has 7 atom stereocenters. The molecule has 3 amide bonds. The molecule has 1 spiro atoms. The van der Waals surface area contributed by atoms with E-state index >= 15 is 0 Å². The first-order valence-corrected chi connectivity index (χ1v) is 15.9. The van der Waals surface area contributed by atoms with E-state index in [9.17, 15) is 19.5 Å². The summed E-state index contributed by atoms with van der Waals surface area (Å²) < 4.78 is -1.17. The van der Waals surface area contributed by atoms with Crippen molar-refractivity contribution in [2.24, 2.45) is 17.8 Å². The van der Waals surface area contributed by atoms with Crippen LogP contribution in [0.1, 0.15) is 58.9 Å². The van der Waals surface area contributed by atoms with Gasteiger partial charge in [0.05, 0.1) is 29.2 Å². The second-order valence-electron chi connectivity index (χ2n) is 12.2. The minimum atomic E-state index is -0.765. The molecule has 1 aromatic rings. The topological polar surface area (TPSA) is 81.2 Å². The Hall–Kier alpha value is -2.58. The summed E-state index contributed by atoms with van der Waals surface area (Å²) in [4.78, 5) is 49.0. The number of hydrogen-bond acceptors (Lipinski definition) is 5. The van der Waals surface area contributed by atoms with Crippen molar-refractivity contribution in [3.63, 3.8) is 0 Å². The van der Waals surface area contributed by atoms with E-state index in [1.54, 1.807) is 33.7 Å². The van der Waals surface area contributed by atoms with Gasteiger partial charge in [-0.2, -0.15) is 0 Å². The van der Waals surface area contributed by atoms with E-state index in [1.807, 2.05) is 56.0 Å². The van der Waals surface area contributed by atoms with Crippen LogP contribution in [0.15, 0.2) is 55.6 Å². The molecule has 8 heteroatoms. The Labute approximate surface area is 250 Å². The first-order chi connectivity index (χ1) is 19.6. The van der Waals surface area contributed by atoms with Crippen LogP contribution in [-0.4, -0.2) is 85.3 Å². The van der Waals surface area contributed by atoms with Crippen molar-refractivity contribution in [3.8, 4) is 0 Å². The number of fused-ring (bicyclic) bond motifs is 1.